The molecule has 2 aliphatic heterocycles. The molecule has 3 atom stereocenters. The first-order valence-corrected chi connectivity index (χ1v) is 7.95. The van der Waals surface area contributed by atoms with E-state index in [-0.39, 0.29) is 24.0 Å². The molecule has 0 aromatic rings. The third kappa shape index (κ3) is 1.99. The highest BCUT2D eigenvalue weighted by Crippen LogP contribution is 2.62. The van der Waals surface area contributed by atoms with Crippen LogP contribution >= 0.6 is 24.0 Å². The van der Waals surface area contributed by atoms with Crippen molar-refractivity contribution in [3.63, 3.8) is 0 Å². The molecule has 0 aromatic heterocycles. The Balaban J connectivity index is 0.00000121. The highest BCUT2D eigenvalue weighted by molar-refractivity contribution is 14.0. The number of hydrogen-bond donors (Lipinski definition) is 1. The molecular weight excluding hydrogens is 365 g/mol. The minimum absolute atomic E-state index is 0. The SMILES string of the molecule is CN=C(NC1C2CCOC2C12CCC2)N1CCCC1.I. The Kier molecular flexibility index (Phi) is 4.19. The van der Waals surface area contributed by atoms with Crippen LogP contribution in [0.5, 0.6) is 0 Å². The van der Waals surface area contributed by atoms with Crippen LogP contribution in [0.3, 0.4) is 0 Å². The average Bonchev–Trinajstić information content (AvgIpc) is 2.99. The molecular formula is C15H26IN3O. The first-order valence-electron chi connectivity index (χ1n) is 7.95. The maximum absolute atomic E-state index is 5.99. The highest BCUT2D eigenvalue weighted by atomic mass is 127. The number of halogens is 1. The van der Waals surface area contributed by atoms with Crippen molar-refractivity contribution in [2.75, 3.05) is 26.7 Å². The minimum Gasteiger partial charge on any atom is -0.377 e. The molecule has 0 aromatic carbocycles. The molecule has 0 amide bonds. The van der Waals surface area contributed by atoms with E-state index >= 15 is 0 Å². The Morgan fingerprint density at radius 2 is 2.00 bits per heavy atom. The van der Waals surface area contributed by atoms with Gasteiger partial charge in [-0.25, -0.2) is 0 Å². The lowest BCUT2D eigenvalue weighted by Crippen LogP contribution is -2.72. The molecule has 2 saturated heterocycles. The van der Waals surface area contributed by atoms with Gasteiger partial charge in [0.15, 0.2) is 5.96 Å². The van der Waals surface area contributed by atoms with E-state index in [1.54, 1.807) is 0 Å². The second kappa shape index (κ2) is 5.63. The number of nitrogens with zero attached hydrogens (tertiary/aromatic N) is 2. The monoisotopic (exact) mass is 391 g/mol. The van der Waals surface area contributed by atoms with Crippen molar-refractivity contribution in [1.29, 1.82) is 0 Å². The Labute approximate surface area is 138 Å². The van der Waals surface area contributed by atoms with E-state index < -0.39 is 0 Å². The zero-order chi connectivity index (χ0) is 12.9. The molecule has 1 spiro atoms. The molecule has 1 N–H and O–H groups in total. The van der Waals surface area contributed by atoms with Gasteiger partial charge in [-0.05, 0) is 32.1 Å². The molecule has 2 aliphatic carbocycles. The fourth-order valence-corrected chi connectivity index (χ4v) is 4.82. The van der Waals surface area contributed by atoms with Crippen molar-refractivity contribution in [3.05, 3.63) is 0 Å². The number of fused-ring (bicyclic) bond motifs is 2. The predicted molar refractivity (Wildman–Crippen MR) is 90.6 cm³/mol. The van der Waals surface area contributed by atoms with E-state index in [1.807, 2.05) is 7.05 Å². The van der Waals surface area contributed by atoms with Crippen LogP contribution in [0.25, 0.3) is 0 Å². The van der Waals surface area contributed by atoms with Crippen molar-refractivity contribution in [2.24, 2.45) is 16.3 Å². The second-order valence-corrected chi connectivity index (χ2v) is 6.69. The van der Waals surface area contributed by atoms with Crippen molar-refractivity contribution < 1.29 is 4.74 Å². The molecule has 20 heavy (non-hydrogen) atoms. The Hall–Kier alpha value is -0.0400. The van der Waals surface area contributed by atoms with Crippen molar-refractivity contribution in [2.45, 2.75) is 50.7 Å². The third-order valence-electron chi connectivity index (χ3n) is 5.94. The number of likely N-dealkylation sites (tertiary alicyclic amines) is 1. The molecule has 0 radical (unpaired) electrons. The Morgan fingerprint density at radius 3 is 2.60 bits per heavy atom. The topological polar surface area (TPSA) is 36.9 Å². The smallest absolute Gasteiger partial charge is 0.193 e. The molecule has 4 aliphatic rings. The van der Waals surface area contributed by atoms with Gasteiger partial charge in [-0.1, -0.05) is 6.42 Å². The third-order valence-corrected chi connectivity index (χ3v) is 5.94. The van der Waals surface area contributed by atoms with Gasteiger partial charge in [0.05, 0.1) is 6.10 Å². The van der Waals surface area contributed by atoms with E-state index in [4.69, 9.17) is 4.74 Å². The van der Waals surface area contributed by atoms with Crippen LogP contribution in [0.4, 0.5) is 0 Å². The number of hydrogen-bond acceptors (Lipinski definition) is 2. The number of rotatable bonds is 1. The molecule has 0 bridgehead atoms. The van der Waals surface area contributed by atoms with Gasteiger partial charge < -0.3 is 15.0 Å². The van der Waals surface area contributed by atoms with Gasteiger partial charge in [0, 0.05) is 44.1 Å². The molecule has 5 heteroatoms. The summed E-state index contributed by atoms with van der Waals surface area (Å²) < 4.78 is 5.99. The summed E-state index contributed by atoms with van der Waals surface area (Å²) in [7, 11) is 1.93. The highest BCUT2D eigenvalue weighted by Gasteiger charge is 2.66. The van der Waals surface area contributed by atoms with Gasteiger partial charge in [-0.15, -0.1) is 24.0 Å². The average molecular weight is 391 g/mol. The van der Waals surface area contributed by atoms with E-state index in [0.29, 0.717) is 17.6 Å². The lowest BCUT2D eigenvalue weighted by molar-refractivity contribution is -0.171. The normalized spacial score (nSPS) is 38.0. The van der Waals surface area contributed by atoms with Gasteiger partial charge in [0.25, 0.3) is 0 Å². The van der Waals surface area contributed by atoms with Crippen LogP contribution in [0, 0.1) is 11.3 Å². The summed E-state index contributed by atoms with van der Waals surface area (Å²) in [5.41, 5.74) is 0.455. The van der Waals surface area contributed by atoms with E-state index in [2.05, 4.69) is 15.2 Å². The first kappa shape index (κ1) is 14.9. The zero-order valence-electron chi connectivity index (χ0n) is 12.3. The van der Waals surface area contributed by atoms with Gasteiger partial charge in [0.2, 0.25) is 0 Å². The lowest BCUT2D eigenvalue weighted by Gasteiger charge is -2.63. The molecule has 2 saturated carbocycles. The number of guanidine groups is 1. The fourth-order valence-electron chi connectivity index (χ4n) is 4.82. The Morgan fingerprint density at radius 1 is 1.25 bits per heavy atom. The van der Waals surface area contributed by atoms with Gasteiger partial charge in [-0.2, -0.15) is 0 Å². The van der Waals surface area contributed by atoms with Crippen molar-refractivity contribution in [3.8, 4) is 0 Å². The summed E-state index contributed by atoms with van der Waals surface area (Å²) >= 11 is 0. The summed E-state index contributed by atoms with van der Waals surface area (Å²) in [6.07, 6.45) is 8.49. The molecule has 4 nitrogen and oxygen atoms in total. The van der Waals surface area contributed by atoms with Crippen LogP contribution in [0.2, 0.25) is 0 Å². The van der Waals surface area contributed by atoms with Gasteiger partial charge in [-0.3, -0.25) is 4.99 Å². The van der Waals surface area contributed by atoms with E-state index in [1.165, 1.54) is 51.6 Å². The van der Waals surface area contributed by atoms with Crippen LogP contribution < -0.4 is 5.32 Å². The largest absolute Gasteiger partial charge is 0.377 e. The van der Waals surface area contributed by atoms with E-state index in [9.17, 15) is 0 Å². The predicted octanol–water partition coefficient (Wildman–Crippen LogP) is 2.23. The van der Waals surface area contributed by atoms with Gasteiger partial charge >= 0.3 is 0 Å². The standard InChI is InChI=1S/C15H25N3O.HI/c1-16-14(18-8-2-3-9-18)17-12-11-5-10-19-13(11)15(12)6-4-7-15;/h11-13H,2-10H2,1H3,(H,16,17);1H. The van der Waals surface area contributed by atoms with Crippen LogP contribution in [-0.2, 0) is 4.74 Å². The summed E-state index contributed by atoms with van der Waals surface area (Å²) in [5.74, 6) is 1.87. The maximum atomic E-state index is 5.99. The van der Waals surface area contributed by atoms with Gasteiger partial charge in [0.1, 0.15) is 0 Å². The van der Waals surface area contributed by atoms with Crippen LogP contribution in [-0.4, -0.2) is 49.7 Å². The molecule has 4 fully saturated rings. The fraction of sp³-hybridized carbons (Fsp3) is 0.933. The van der Waals surface area contributed by atoms with Crippen molar-refractivity contribution >= 4 is 29.9 Å². The number of aliphatic imine (C=N–C) groups is 1. The lowest BCUT2D eigenvalue weighted by atomic mass is 9.46. The summed E-state index contributed by atoms with van der Waals surface area (Å²) in [6, 6.07) is 0.619. The van der Waals surface area contributed by atoms with Crippen LogP contribution in [0.1, 0.15) is 38.5 Å². The number of ether oxygens (including phenoxy) is 1. The summed E-state index contributed by atoms with van der Waals surface area (Å²) in [5, 5.41) is 3.81. The first-order chi connectivity index (χ1) is 9.35. The summed E-state index contributed by atoms with van der Waals surface area (Å²) in [4.78, 5) is 6.95. The van der Waals surface area contributed by atoms with E-state index in [0.717, 1.165) is 18.5 Å². The molecule has 3 unspecified atom stereocenters. The molecule has 114 valence electrons. The molecule has 2 heterocycles. The molecule has 4 rings (SSSR count). The maximum Gasteiger partial charge on any atom is 0.193 e. The van der Waals surface area contributed by atoms with Crippen molar-refractivity contribution in [1.82, 2.24) is 10.2 Å². The Bertz CT molecular complexity index is 391. The van der Waals surface area contributed by atoms with Crippen LogP contribution in [0.15, 0.2) is 4.99 Å². The second-order valence-electron chi connectivity index (χ2n) is 6.69. The summed E-state index contributed by atoms with van der Waals surface area (Å²) in [6.45, 7) is 3.31. The zero-order valence-corrected chi connectivity index (χ0v) is 14.6. The number of nitrogens with one attached hydrogen (secondary N) is 1. The quantitative estimate of drug-likeness (QED) is 0.423. The minimum atomic E-state index is 0.